The third-order valence-electron chi connectivity index (χ3n) is 3.41. The van der Waals surface area contributed by atoms with Gasteiger partial charge in [0.2, 0.25) is 5.78 Å². The van der Waals surface area contributed by atoms with Gasteiger partial charge in [-0.15, -0.1) is 11.3 Å². The zero-order chi connectivity index (χ0) is 17.8. The minimum absolute atomic E-state index is 0.222. The molecule has 3 aromatic rings. The van der Waals surface area contributed by atoms with E-state index in [0.29, 0.717) is 20.7 Å². The minimum Gasteiger partial charge on any atom is -0.493 e. The van der Waals surface area contributed by atoms with E-state index >= 15 is 0 Å². The van der Waals surface area contributed by atoms with Crippen molar-refractivity contribution in [3.05, 3.63) is 67.5 Å². The van der Waals surface area contributed by atoms with Gasteiger partial charge in [-0.2, -0.15) is 0 Å². The molecule has 25 heavy (non-hydrogen) atoms. The van der Waals surface area contributed by atoms with Crippen LogP contribution >= 0.6 is 11.3 Å². The van der Waals surface area contributed by atoms with E-state index in [2.05, 4.69) is 4.98 Å². The predicted molar refractivity (Wildman–Crippen MR) is 94.8 cm³/mol. The molecule has 2 aromatic heterocycles. The average molecular weight is 357 g/mol. The summed E-state index contributed by atoms with van der Waals surface area (Å²) in [6.45, 7) is 0. The van der Waals surface area contributed by atoms with Crippen LogP contribution in [0.5, 0.6) is 11.5 Å². The number of benzene rings is 1. The molecular weight excluding hydrogens is 342 g/mol. The number of nitrogens with one attached hydrogen (secondary N) is 1. The second-order valence-electron chi connectivity index (χ2n) is 5.03. The normalized spacial score (nSPS) is 12.4. The maximum Gasteiger partial charge on any atom is 0.266 e. The number of aromatic nitrogens is 1. The molecule has 7 heteroatoms. The van der Waals surface area contributed by atoms with Gasteiger partial charge in [-0.25, -0.2) is 0 Å². The maximum absolute atomic E-state index is 12.1. The number of ketones is 1. The van der Waals surface area contributed by atoms with E-state index in [1.165, 1.54) is 23.7 Å². The number of furan rings is 1. The number of ether oxygens (including phenoxy) is 2. The number of hydrogen-bond acceptors (Lipinski definition) is 6. The van der Waals surface area contributed by atoms with Gasteiger partial charge in [-0.05, 0) is 35.9 Å². The molecule has 128 valence electrons. The van der Waals surface area contributed by atoms with Crippen molar-refractivity contribution in [1.82, 2.24) is 4.98 Å². The van der Waals surface area contributed by atoms with E-state index in [-0.39, 0.29) is 17.1 Å². The molecule has 0 fully saturated rings. The van der Waals surface area contributed by atoms with Crippen LogP contribution in [0.1, 0.15) is 16.1 Å². The van der Waals surface area contributed by atoms with Gasteiger partial charge < -0.3 is 18.9 Å². The van der Waals surface area contributed by atoms with Crippen LogP contribution < -0.4 is 24.2 Å². The number of Topliss-reactive ketones (excluding diaryl/α,β-unsaturated/α-hetero) is 1. The molecule has 0 aliphatic carbocycles. The molecular formula is C18H15NO5S. The molecule has 0 spiro atoms. The van der Waals surface area contributed by atoms with E-state index in [9.17, 15) is 9.59 Å². The van der Waals surface area contributed by atoms with Crippen molar-refractivity contribution in [2.75, 3.05) is 14.2 Å². The van der Waals surface area contributed by atoms with Crippen molar-refractivity contribution in [2.45, 2.75) is 0 Å². The highest BCUT2D eigenvalue weighted by Crippen LogP contribution is 2.27. The van der Waals surface area contributed by atoms with E-state index in [1.54, 1.807) is 44.6 Å². The van der Waals surface area contributed by atoms with E-state index < -0.39 is 0 Å². The third kappa shape index (κ3) is 3.72. The topological polar surface area (TPSA) is 81.5 Å². The van der Waals surface area contributed by atoms with Gasteiger partial charge in [0.25, 0.3) is 5.56 Å². The van der Waals surface area contributed by atoms with Crippen LogP contribution in [-0.4, -0.2) is 25.0 Å². The Labute approximate surface area is 146 Å². The highest BCUT2D eigenvalue weighted by atomic mass is 32.1. The lowest BCUT2D eigenvalue weighted by Crippen LogP contribution is -2.20. The number of carbonyl (C=O) groups is 1. The van der Waals surface area contributed by atoms with Crippen LogP contribution in [0, 0.1) is 0 Å². The highest BCUT2D eigenvalue weighted by molar-refractivity contribution is 7.07. The number of rotatable bonds is 5. The maximum atomic E-state index is 12.1. The van der Waals surface area contributed by atoms with Crippen molar-refractivity contribution in [3.8, 4) is 11.5 Å². The van der Waals surface area contributed by atoms with Crippen molar-refractivity contribution in [2.24, 2.45) is 0 Å². The van der Waals surface area contributed by atoms with Crippen molar-refractivity contribution in [1.29, 1.82) is 0 Å². The fourth-order valence-electron chi connectivity index (χ4n) is 2.23. The Morgan fingerprint density at radius 2 is 2.00 bits per heavy atom. The zero-order valence-electron chi connectivity index (χ0n) is 13.6. The van der Waals surface area contributed by atoms with Gasteiger partial charge in [0.15, 0.2) is 17.3 Å². The van der Waals surface area contributed by atoms with Gasteiger partial charge in [0.05, 0.1) is 29.7 Å². The van der Waals surface area contributed by atoms with Gasteiger partial charge in [0.1, 0.15) is 0 Å². The monoisotopic (exact) mass is 357 g/mol. The molecule has 0 aliphatic heterocycles. The van der Waals surface area contributed by atoms with Gasteiger partial charge >= 0.3 is 0 Å². The molecule has 1 N–H and O–H groups in total. The smallest absolute Gasteiger partial charge is 0.266 e. The van der Waals surface area contributed by atoms with Crippen LogP contribution in [0.2, 0.25) is 0 Å². The number of H-pyrrole nitrogens is 1. The van der Waals surface area contributed by atoms with Crippen LogP contribution in [0.15, 0.2) is 45.8 Å². The standard InChI is InChI=1S/C18H15NO5S/c1-22-14-6-5-11(8-15(14)23-2)9-16-18(21)19-17(25-16)10-12(20)13-4-3-7-24-13/h3-10H,1-2H3,(H,19,21)/b16-9+,17-10-. The summed E-state index contributed by atoms with van der Waals surface area (Å²) in [7, 11) is 3.11. The molecule has 0 bridgehead atoms. The largest absolute Gasteiger partial charge is 0.493 e. The molecule has 6 nitrogen and oxygen atoms in total. The molecule has 2 heterocycles. The van der Waals surface area contributed by atoms with Crippen LogP contribution in [0.3, 0.4) is 0 Å². The van der Waals surface area contributed by atoms with Gasteiger partial charge in [-0.1, -0.05) is 6.07 Å². The molecule has 0 aliphatic rings. The molecule has 0 saturated heterocycles. The van der Waals surface area contributed by atoms with Gasteiger partial charge in [0, 0.05) is 6.08 Å². The molecule has 3 rings (SSSR count). The fourth-order valence-corrected chi connectivity index (χ4v) is 3.11. The average Bonchev–Trinajstić information content (AvgIpc) is 3.25. The summed E-state index contributed by atoms with van der Waals surface area (Å²) in [5.41, 5.74) is 0.521. The summed E-state index contributed by atoms with van der Waals surface area (Å²) in [5, 5.41) is 0. The quantitative estimate of drug-likeness (QED) is 0.701. The molecule has 0 radical (unpaired) electrons. The van der Waals surface area contributed by atoms with E-state index in [1.807, 2.05) is 6.07 Å². The molecule has 0 amide bonds. The van der Waals surface area contributed by atoms with Crippen molar-refractivity contribution in [3.63, 3.8) is 0 Å². The van der Waals surface area contributed by atoms with Crippen LogP contribution in [-0.2, 0) is 0 Å². The summed E-state index contributed by atoms with van der Waals surface area (Å²) in [6, 6.07) is 8.56. The van der Waals surface area contributed by atoms with Crippen LogP contribution in [0.4, 0.5) is 0 Å². The summed E-state index contributed by atoms with van der Waals surface area (Å²) >= 11 is 1.19. The lowest BCUT2D eigenvalue weighted by molar-refractivity contribution is 0.103. The summed E-state index contributed by atoms with van der Waals surface area (Å²) in [6.07, 6.45) is 4.49. The number of aromatic amines is 1. The SMILES string of the molecule is COc1ccc(/C=c2/s/c(=C\C(=O)c3ccco3)[nH]c2=O)cc1OC. The summed E-state index contributed by atoms with van der Waals surface area (Å²) in [5.74, 6) is 1.10. The van der Waals surface area contributed by atoms with Gasteiger partial charge in [-0.3, -0.25) is 9.59 Å². The van der Waals surface area contributed by atoms with Crippen molar-refractivity contribution >= 4 is 29.3 Å². The Bertz CT molecular complexity index is 1060. The molecule has 0 atom stereocenters. The number of hydrogen-bond donors (Lipinski definition) is 1. The Morgan fingerprint density at radius 1 is 1.20 bits per heavy atom. The van der Waals surface area contributed by atoms with Crippen LogP contribution in [0.25, 0.3) is 12.2 Å². The number of carbonyl (C=O) groups excluding carboxylic acids is 1. The molecule has 0 unspecified atom stereocenters. The first-order chi connectivity index (χ1) is 12.1. The highest BCUT2D eigenvalue weighted by Gasteiger charge is 2.06. The Hall–Kier alpha value is -3.06. The second kappa shape index (κ2) is 7.23. The lowest BCUT2D eigenvalue weighted by atomic mass is 10.2. The Kier molecular flexibility index (Phi) is 4.85. The lowest BCUT2D eigenvalue weighted by Gasteiger charge is -2.07. The minimum atomic E-state index is -0.305. The summed E-state index contributed by atoms with van der Waals surface area (Å²) < 4.78 is 16.4. The first kappa shape index (κ1) is 16.8. The van der Waals surface area contributed by atoms with E-state index in [4.69, 9.17) is 13.9 Å². The zero-order valence-corrected chi connectivity index (χ0v) is 14.4. The summed E-state index contributed by atoms with van der Waals surface area (Å²) in [4.78, 5) is 26.8. The first-order valence-electron chi connectivity index (χ1n) is 7.33. The first-order valence-corrected chi connectivity index (χ1v) is 8.15. The Morgan fingerprint density at radius 3 is 2.68 bits per heavy atom. The van der Waals surface area contributed by atoms with Crippen molar-refractivity contribution < 1.29 is 18.7 Å². The number of thiazole rings is 1. The molecule has 1 aromatic carbocycles. The second-order valence-corrected chi connectivity index (χ2v) is 6.11. The Balaban J connectivity index is 1.99. The fraction of sp³-hybridized carbons (Fsp3) is 0.111. The number of methoxy groups -OCH3 is 2. The predicted octanol–water partition coefficient (Wildman–Crippen LogP) is 1.54. The third-order valence-corrected chi connectivity index (χ3v) is 4.37. The molecule has 0 saturated carbocycles. The van der Waals surface area contributed by atoms with E-state index in [0.717, 1.165) is 5.56 Å².